The maximum atomic E-state index is 12.0. The fraction of sp³-hybridized carbons (Fsp3) is 0.588. The minimum atomic E-state index is -4.61. The van der Waals surface area contributed by atoms with E-state index in [-0.39, 0.29) is 11.4 Å². The van der Waals surface area contributed by atoms with Gasteiger partial charge in [0, 0.05) is 0 Å². The van der Waals surface area contributed by atoms with Gasteiger partial charge < -0.3 is 14.8 Å². The lowest BCUT2D eigenvalue weighted by atomic mass is 9.90. The van der Waals surface area contributed by atoms with Gasteiger partial charge in [0.1, 0.15) is 11.4 Å². The van der Waals surface area contributed by atoms with Crippen LogP contribution < -0.4 is 10.1 Å². The summed E-state index contributed by atoms with van der Waals surface area (Å²) < 4.78 is 44.3. The molecule has 1 aromatic rings. The van der Waals surface area contributed by atoms with Crippen molar-refractivity contribution in [3.8, 4) is 5.75 Å². The lowest BCUT2D eigenvalue weighted by Crippen LogP contribution is -2.26. The smallest absolute Gasteiger partial charge is 0.462 e. The van der Waals surface area contributed by atoms with E-state index in [2.05, 4.69) is 14.8 Å². The maximum Gasteiger partial charge on any atom is 0.573 e. The highest BCUT2D eigenvalue weighted by atomic mass is 19.4. The number of benzene rings is 1. The van der Waals surface area contributed by atoms with Gasteiger partial charge in [0.15, 0.2) is 0 Å². The molecule has 0 unspecified atom stereocenters. The Balaban J connectivity index is 0.000000351. The summed E-state index contributed by atoms with van der Waals surface area (Å²) in [6, 6.07) is 6.20. The number of hydrogen-bond donors (Lipinski definition) is 1. The third-order valence-corrected chi connectivity index (χ3v) is 3.33. The number of carbonyl (C=O) groups is 1. The number of halogens is 3. The highest BCUT2D eigenvalue weighted by Gasteiger charge is 2.31. The summed E-state index contributed by atoms with van der Waals surface area (Å²) in [5.41, 5.74) is 0.767. The van der Waals surface area contributed by atoms with E-state index in [0.29, 0.717) is 12.4 Å². The van der Waals surface area contributed by atoms with Crippen molar-refractivity contribution in [1.29, 1.82) is 0 Å². The Morgan fingerprint density at radius 2 is 1.62 bits per heavy atom. The minimum Gasteiger partial charge on any atom is -0.462 e. The molecule has 136 valence electrons. The molecule has 24 heavy (non-hydrogen) atoms. The number of ether oxygens (including phenoxy) is 2. The number of piperidine rings is 1. The molecular weight excluding hydrogens is 323 g/mol. The standard InChI is InChI=1S/C12H14F3NO.C5H10O2/c13-12(14,15)17-11-3-1-9(2-4-11)10-5-7-16-8-6-10;1-5(2,3)7-4-6/h1-4,10,16H,5-8H2;4H,1-3H3. The van der Waals surface area contributed by atoms with E-state index >= 15 is 0 Å². The van der Waals surface area contributed by atoms with Crippen LogP contribution in [0, 0.1) is 0 Å². The summed E-state index contributed by atoms with van der Waals surface area (Å²) in [5, 5.41) is 3.25. The predicted molar refractivity (Wildman–Crippen MR) is 84.9 cm³/mol. The zero-order valence-corrected chi connectivity index (χ0v) is 14.2. The highest BCUT2D eigenvalue weighted by Crippen LogP contribution is 2.28. The first-order valence-corrected chi connectivity index (χ1v) is 7.78. The number of carbonyl (C=O) groups excluding carboxylic acids is 1. The molecule has 0 radical (unpaired) electrons. The molecule has 1 aliphatic heterocycles. The number of alkyl halides is 3. The average Bonchev–Trinajstić information content (AvgIpc) is 2.47. The highest BCUT2D eigenvalue weighted by molar-refractivity contribution is 5.37. The molecule has 0 aromatic heterocycles. The second-order valence-electron chi connectivity index (χ2n) is 6.47. The largest absolute Gasteiger partial charge is 0.573 e. The molecule has 0 aliphatic carbocycles. The summed E-state index contributed by atoms with van der Waals surface area (Å²) in [6.07, 6.45) is -2.56. The van der Waals surface area contributed by atoms with Crippen molar-refractivity contribution in [2.45, 2.75) is 51.5 Å². The average molecular weight is 347 g/mol. The molecule has 1 N–H and O–H groups in total. The molecule has 7 heteroatoms. The molecule has 4 nitrogen and oxygen atoms in total. The van der Waals surface area contributed by atoms with Crippen molar-refractivity contribution in [3.05, 3.63) is 29.8 Å². The van der Waals surface area contributed by atoms with Crippen LogP contribution in [0.15, 0.2) is 24.3 Å². The van der Waals surface area contributed by atoms with Crippen molar-refractivity contribution in [3.63, 3.8) is 0 Å². The normalized spacial score (nSPS) is 15.9. The molecule has 0 atom stereocenters. The summed E-state index contributed by atoms with van der Waals surface area (Å²) in [4.78, 5) is 9.60. The van der Waals surface area contributed by atoms with Crippen LogP contribution >= 0.6 is 0 Å². The van der Waals surface area contributed by atoms with E-state index in [1.54, 1.807) is 12.1 Å². The van der Waals surface area contributed by atoms with Crippen molar-refractivity contribution in [1.82, 2.24) is 5.32 Å². The first kappa shape index (κ1) is 20.3. The lowest BCUT2D eigenvalue weighted by Gasteiger charge is -2.23. The fourth-order valence-corrected chi connectivity index (χ4v) is 2.24. The Morgan fingerprint density at radius 1 is 1.08 bits per heavy atom. The van der Waals surface area contributed by atoms with E-state index < -0.39 is 6.36 Å². The Labute approximate surface area is 140 Å². The molecule has 1 fully saturated rings. The Kier molecular flexibility index (Phi) is 7.54. The van der Waals surface area contributed by atoms with Crippen LogP contribution in [-0.2, 0) is 9.53 Å². The number of hydrogen-bond acceptors (Lipinski definition) is 4. The van der Waals surface area contributed by atoms with E-state index in [9.17, 15) is 18.0 Å². The molecule has 0 saturated carbocycles. The summed E-state index contributed by atoms with van der Waals surface area (Å²) in [7, 11) is 0. The second kappa shape index (κ2) is 8.92. The van der Waals surface area contributed by atoms with Gasteiger partial charge in [-0.15, -0.1) is 13.2 Å². The Hall–Kier alpha value is -1.76. The third kappa shape index (κ3) is 8.76. The second-order valence-corrected chi connectivity index (χ2v) is 6.47. The molecular formula is C17H24F3NO3. The summed E-state index contributed by atoms with van der Waals surface area (Å²) >= 11 is 0. The van der Waals surface area contributed by atoms with Crippen molar-refractivity contribution >= 4 is 6.47 Å². The van der Waals surface area contributed by atoms with Crippen molar-refractivity contribution in [2.75, 3.05) is 13.1 Å². The van der Waals surface area contributed by atoms with E-state index in [0.717, 1.165) is 31.5 Å². The quantitative estimate of drug-likeness (QED) is 0.840. The molecule has 1 aromatic carbocycles. The van der Waals surface area contributed by atoms with Crippen LogP contribution in [0.5, 0.6) is 5.75 Å². The summed E-state index contributed by atoms with van der Waals surface area (Å²) in [5.74, 6) is 0.284. The van der Waals surface area contributed by atoms with Gasteiger partial charge in [-0.05, 0) is 70.3 Å². The third-order valence-electron chi connectivity index (χ3n) is 3.33. The van der Waals surface area contributed by atoms with Gasteiger partial charge in [-0.2, -0.15) is 0 Å². The lowest BCUT2D eigenvalue weighted by molar-refractivity contribution is -0.274. The molecule has 2 rings (SSSR count). The van der Waals surface area contributed by atoms with Gasteiger partial charge in [-0.3, -0.25) is 4.79 Å². The first-order chi connectivity index (χ1) is 11.1. The van der Waals surface area contributed by atoms with Crippen LogP contribution in [0.1, 0.15) is 45.1 Å². The topological polar surface area (TPSA) is 47.6 Å². The number of rotatable bonds is 3. The van der Waals surface area contributed by atoms with Gasteiger partial charge in [0.05, 0.1) is 0 Å². The first-order valence-electron chi connectivity index (χ1n) is 7.78. The van der Waals surface area contributed by atoms with E-state index in [1.165, 1.54) is 12.1 Å². The summed E-state index contributed by atoms with van der Waals surface area (Å²) in [6.45, 7) is 7.85. The molecule has 0 spiro atoms. The van der Waals surface area contributed by atoms with Gasteiger partial charge in [-0.1, -0.05) is 12.1 Å². The monoisotopic (exact) mass is 347 g/mol. The van der Waals surface area contributed by atoms with Gasteiger partial charge in [0.25, 0.3) is 6.47 Å². The van der Waals surface area contributed by atoms with E-state index in [1.807, 2.05) is 20.8 Å². The minimum absolute atomic E-state index is 0.157. The van der Waals surface area contributed by atoms with Crippen LogP contribution in [0.4, 0.5) is 13.2 Å². The molecule has 1 aliphatic rings. The zero-order valence-electron chi connectivity index (χ0n) is 14.2. The van der Waals surface area contributed by atoms with E-state index in [4.69, 9.17) is 0 Å². The molecule has 1 saturated heterocycles. The van der Waals surface area contributed by atoms with Gasteiger partial charge in [0.2, 0.25) is 0 Å². The number of nitrogens with one attached hydrogen (secondary N) is 1. The Bertz CT molecular complexity index is 489. The van der Waals surface area contributed by atoms with Crippen molar-refractivity contribution < 1.29 is 27.4 Å². The predicted octanol–water partition coefficient (Wildman–Crippen LogP) is 4.01. The van der Waals surface area contributed by atoms with Gasteiger partial charge >= 0.3 is 6.36 Å². The van der Waals surface area contributed by atoms with Crippen LogP contribution in [0.2, 0.25) is 0 Å². The molecule has 0 bridgehead atoms. The fourth-order valence-electron chi connectivity index (χ4n) is 2.24. The molecule has 1 heterocycles. The van der Waals surface area contributed by atoms with Crippen LogP contribution in [0.3, 0.4) is 0 Å². The molecule has 0 amide bonds. The van der Waals surface area contributed by atoms with Gasteiger partial charge in [-0.25, -0.2) is 0 Å². The Morgan fingerprint density at radius 3 is 2.00 bits per heavy atom. The van der Waals surface area contributed by atoms with Crippen LogP contribution in [0.25, 0.3) is 0 Å². The SMILES string of the molecule is CC(C)(C)OC=O.FC(F)(F)Oc1ccc(C2CCNCC2)cc1. The zero-order chi connectivity index (χ0) is 18.2. The van der Waals surface area contributed by atoms with Crippen LogP contribution in [-0.4, -0.2) is 31.5 Å². The maximum absolute atomic E-state index is 12.0. The van der Waals surface area contributed by atoms with Crippen molar-refractivity contribution in [2.24, 2.45) is 0 Å².